The van der Waals surface area contributed by atoms with Crippen molar-refractivity contribution in [2.24, 2.45) is 5.92 Å². The van der Waals surface area contributed by atoms with Gasteiger partial charge in [0, 0.05) is 16.9 Å². The molecule has 2 aromatic rings. The number of benzene rings is 2. The number of piperidine rings is 1. The zero-order valence-corrected chi connectivity index (χ0v) is 17.5. The van der Waals surface area contributed by atoms with Crippen LogP contribution in [0.4, 0.5) is 0 Å². The minimum atomic E-state index is 0.00389. The minimum absolute atomic E-state index is 0.00389. The van der Waals surface area contributed by atoms with Crippen LogP contribution in [-0.4, -0.2) is 31.0 Å². The van der Waals surface area contributed by atoms with Gasteiger partial charge in [-0.25, -0.2) is 0 Å². The van der Waals surface area contributed by atoms with Crippen molar-refractivity contribution in [2.75, 3.05) is 20.2 Å². The third-order valence-electron chi connectivity index (χ3n) is 5.25. The lowest BCUT2D eigenvalue weighted by Crippen LogP contribution is -2.40. The van der Waals surface area contributed by atoms with Crippen LogP contribution in [0.1, 0.15) is 36.9 Å². The third-order valence-corrected chi connectivity index (χ3v) is 5.78. The Morgan fingerprint density at radius 1 is 1.15 bits per heavy atom. The van der Waals surface area contributed by atoms with E-state index >= 15 is 0 Å². The summed E-state index contributed by atoms with van der Waals surface area (Å²) in [5, 5.41) is 3.17. The van der Waals surface area contributed by atoms with Crippen molar-refractivity contribution in [1.29, 1.82) is 0 Å². The molecule has 4 nitrogen and oxygen atoms in total. The average Bonchev–Trinajstić information content (AvgIpc) is 2.70. The molecule has 0 spiro atoms. The van der Waals surface area contributed by atoms with Crippen molar-refractivity contribution in [3.8, 4) is 5.75 Å². The molecule has 27 heavy (non-hydrogen) atoms. The molecule has 1 heterocycles. The van der Waals surface area contributed by atoms with E-state index in [2.05, 4.69) is 50.4 Å². The number of hydrogen-bond acceptors (Lipinski definition) is 3. The number of likely N-dealkylation sites (tertiary alicyclic amines) is 1. The first-order chi connectivity index (χ1) is 13.0. The van der Waals surface area contributed by atoms with Gasteiger partial charge in [0.05, 0.1) is 13.2 Å². The number of carbonyl (C=O) groups is 1. The number of ether oxygens (including phenoxy) is 1. The maximum atomic E-state index is 12.6. The van der Waals surface area contributed by atoms with Gasteiger partial charge in [0.15, 0.2) is 0 Å². The van der Waals surface area contributed by atoms with Crippen LogP contribution in [-0.2, 0) is 11.3 Å². The lowest BCUT2D eigenvalue weighted by molar-refractivity contribution is -0.127. The van der Waals surface area contributed by atoms with Gasteiger partial charge in [-0.2, -0.15) is 0 Å². The summed E-state index contributed by atoms with van der Waals surface area (Å²) < 4.78 is 6.29. The van der Waals surface area contributed by atoms with Crippen molar-refractivity contribution in [1.82, 2.24) is 10.2 Å². The molecule has 1 aliphatic heterocycles. The summed E-state index contributed by atoms with van der Waals surface area (Å²) in [5.74, 6) is 1.10. The number of rotatable bonds is 6. The van der Waals surface area contributed by atoms with Gasteiger partial charge >= 0.3 is 0 Å². The molecule has 3 rings (SSSR count). The Morgan fingerprint density at radius 3 is 2.37 bits per heavy atom. The molecule has 2 aromatic carbocycles. The predicted octanol–water partition coefficient (Wildman–Crippen LogP) is 4.55. The van der Waals surface area contributed by atoms with E-state index in [4.69, 9.17) is 4.74 Å². The molecule has 0 saturated carbocycles. The third kappa shape index (κ3) is 5.56. The summed E-state index contributed by atoms with van der Waals surface area (Å²) >= 11 is 3.47. The molecule has 0 aliphatic carbocycles. The lowest BCUT2D eigenvalue weighted by atomic mass is 9.95. The topological polar surface area (TPSA) is 41.6 Å². The second-order valence-electron chi connectivity index (χ2n) is 7.18. The molecule has 1 atom stereocenters. The van der Waals surface area contributed by atoms with Crippen molar-refractivity contribution in [2.45, 2.75) is 32.4 Å². The van der Waals surface area contributed by atoms with E-state index in [9.17, 15) is 4.79 Å². The highest BCUT2D eigenvalue weighted by Crippen LogP contribution is 2.22. The Bertz CT molecular complexity index is 738. The molecule has 1 saturated heterocycles. The van der Waals surface area contributed by atoms with Crippen molar-refractivity contribution in [3.63, 3.8) is 0 Å². The van der Waals surface area contributed by atoms with Crippen LogP contribution in [0, 0.1) is 5.92 Å². The van der Waals surface area contributed by atoms with Gasteiger partial charge in [-0.05, 0) is 68.2 Å². The molecule has 5 heteroatoms. The van der Waals surface area contributed by atoms with Crippen molar-refractivity contribution < 1.29 is 9.53 Å². The van der Waals surface area contributed by atoms with Gasteiger partial charge < -0.3 is 10.1 Å². The fourth-order valence-corrected chi connectivity index (χ4v) is 3.77. The van der Waals surface area contributed by atoms with E-state index < -0.39 is 0 Å². The molecular weight excluding hydrogens is 404 g/mol. The number of methoxy groups -OCH3 is 1. The number of carbonyl (C=O) groups excluding carboxylic acids is 1. The normalized spacial score (nSPS) is 16.7. The summed E-state index contributed by atoms with van der Waals surface area (Å²) in [4.78, 5) is 15.1. The highest BCUT2D eigenvalue weighted by molar-refractivity contribution is 9.10. The van der Waals surface area contributed by atoms with Crippen LogP contribution >= 0.6 is 15.9 Å². The maximum absolute atomic E-state index is 12.6. The fraction of sp³-hybridized carbons (Fsp3) is 0.409. The summed E-state index contributed by atoms with van der Waals surface area (Å²) in [6.07, 6.45) is 1.83. The molecule has 1 fully saturated rings. The van der Waals surface area contributed by atoms with E-state index in [-0.39, 0.29) is 17.9 Å². The van der Waals surface area contributed by atoms with Gasteiger partial charge in [0.2, 0.25) is 5.91 Å². The molecule has 1 amide bonds. The first-order valence-electron chi connectivity index (χ1n) is 9.46. The van der Waals surface area contributed by atoms with E-state index in [0.717, 1.165) is 48.3 Å². The maximum Gasteiger partial charge on any atom is 0.223 e. The molecule has 1 N–H and O–H groups in total. The summed E-state index contributed by atoms with van der Waals surface area (Å²) in [6.45, 7) is 4.91. The van der Waals surface area contributed by atoms with Gasteiger partial charge in [0.1, 0.15) is 5.75 Å². The van der Waals surface area contributed by atoms with Crippen molar-refractivity contribution >= 4 is 21.8 Å². The number of amides is 1. The monoisotopic (exact) mass is 430 g/mol. The highest BCUT2D eigenvalue weighted by Gasteiger charge is 2.26. The molecule has 0 bridgehead atoms. The van der Waals surface area contributed by atoms with E-state index in [0.29, 0.717) is 0 Å². The largest absolute Gasteiger partial charge is 0.497 e. The predicted molar refractivity (Wildman–Crippen MR) is 112 cm³/mol. The summed E-state index contributed by atoms with van der Waals surface area (Å²) in [6, 6.07) is 16.3. The van der Waals surface area contributed by atoms with Crippen LogP contribution in [0.3, 0.4) is 0 Å². The van der Waals surface area contributed by atoms with Crippen LogP contribution in [0.5, 0.6) is 5.75 Å². The van der Waals surface area contributed by atoms with E-state index in [1.165, 1.54) is 5.56 Å². The van der Waals surface area contributed by atoms with Crippen molar-refractivity contribution in [3.05, 3.63) is 64.1 Å². The second-order valence-corrected chi connectivity index (χ2v) is 8.10. The fourth-order valence-electron chi connectivity index (χ4n) is 3.51. The van der Waals surface area contributed by atoms with Gasteiger partial charge in [0.25, 0.3) is 0 Å². The number of nitrogens with one attached hydrogen (secondary N) is 1. The molecule has 0 unspecified atom stereocenters. The lowest BCUT2D eigenvalue weighted by Gasteiger charge is -2.32. The number of halogens is 1. The van der Waals surface area contributed by atoms with Crippen LogP contribution < -0.4 is 10.1 Å². The average molecular weight is 431 g/mol. The first kappa shape index (κ1) is 19.9. The van der Waals surface area contributed by atoms with Gasteiger partial charge in [-0.1, -0.05) is 40.2 Å². The Morgan fingerprint density at radius 2 is 1.78 bits per heavy atom. The summed E-state index contributed by atoms with van der Waals surface area (Å²) in [7, 11) is 1.66. The Balaban J connectivity index is 1.46. The second kappa shape index (κ2) is 9.38. The minimum Gasteiger partial charge on any atom is -0.497 e. The molecule has 144 valence electrons. The number of hydrogen-bond donors (Lipinski definition) is 1. The van der Waals surface area contributed by atoms with Crippen LogP contribution in [0.25, 0.3) is 0 Å². The SMILES string of the molecule is COc1ccc([C@H](C)NC(=O)C2CCN(Cc3ccc(Br)cc3)CC2)cc1. The molecule has 0 aromatic heterocycles. The first-order valence-corrected chi connectivity index (χ1v) is 10.3. The zero-order chi connectivity index (χ0) is 19.2. The standard InChI is InChI=1S/C22H27BrN2O2/c1-16(18-5-9-21(27-2)10-6-18)24-22(26)19-11-13-25(14-12-19)15-17-3-7-20(23)8-4-17/h3-10,16,19H,11-15H2,1-2H3,(H,24,26)/t16-/m0/s1. The molecular formula is C22H27BrN2O2. The summed E-state index contributed by atoms with van der Waals surface area (Å²) in [5.41, 5.74) is 2.41. The van der Waals surface area contributed by atoms with Gasteiger partial charge in [-0.3, -0.25) is 9.69 Å². The van der Waals surface area contributed by atoms with Crippen LogP contribution in [0.15, 0.2) is 53.0 Å². The highest BCUT2D eigenvalue weighted by atomic mass is 79.9. The Hall–Kier alpha value is -1.85. The van der Waals surface area contributed by atoms with Crippen LogP contribution in [0.2, 0.25) is 0 Å². The van der Waals surface area contributed by atoms with E-state index in [1.54, 1.807) is 7.11 Å². The smallest absolute Gasteiger partial charge is 0.223 e. The quantitative estimate of drug-likeness (QED) is 0.730. The number of nitrogens with zero attached hydrogens (tertiary/aromatic N) is 1. The van der Waals surface area contributed by atoms with Gasteiger partial charge in [-0.15, -0.1) is 0 Å². The van der Waals surface area contributed by atoms with E-state index in [1.807, 2.05) is 31.2 Å². The Labute approximate surface area is 170 Å². The Kier molecular flexibility index (Phi) is 6.91. The zero-order valence-electron chi connectivity index (χ0n) is 16.0. The molecule has 1 aliphatic rings. The molecule has 0 radical (unpaired) electrons.